The van der Waals surface area contributed by atoms with Crippen LogP contribution in [0.5, 0.6) is 0 Å². The van der Waals surface area contributed by atoms with Crippen LogP contribution in [-0.2, 0) is 22.8 Å². The lowest BCUT2D eigenvalue weighted by atomic mass is 10.1. The summed E-state index contributed by atoms with van der Waals surface area (Å²) in [5, 5.41) is 7.70. The van der Waals surface area contributed by atoms with Crippen molar-refractivity contribution in [1.29, 1.82) is 0 Å². The molecule has 4 rings (SSSR count). The van der Waals surface area contributed by atoms with Crippen molar-refractivity contribution in [3.63, 3.8) is 0 Å². The second-order valence-electron chi connectivity index (χ2n) is 6.01. The summed E-state index contributed by atoms with van der Waals surface area (Å²) in [6.07, 6.45) is 1.69. The maximum absolute atomic E-state index is 12.8. The van der Waals surface area contributed by atoms with E-state index in [1.54, 1.807) is 4.90 Å². The van der Waals surface area contributed by atoms with Gasteiger partial charge in [0.15, 0.2) is 14.9 Å². The molecule has 1 aliphatic rings. The zero-order chi connectivity index (χ0) is 16.9. The third-order valence-electron chi connectivity index (χ3n) is 4.29. The summed E-state index contributed by atoms with van der Waals surface area (Å²) >= 11 is 0. The number of aromatic nitrogens is 3. The van der Waals surface area contributed by atoms with Crippen LogP contribution in [0.25, 0.3) is 10.9 Å². The molecule has 0 saturated carbocycles. The molecule has 1 amide bonds. The average Bonchev–Trinajstić information content (AvgIpc) is 3.16. The van der Waals surface area contributed by atoms with E-state index in [1.165, 1.54) is 0 Å². The number of carbonyl (C=O) groups excluding carboxylic acids is 1. The number of rotatable bonds is 2. The monoisotopic (exact) mass is 344 g/mol. The number of sulfone groups is 1. The van der Waals surface area contributed by atoms with Crippen LogP contribution in [0.3, 0.4) is 0 Å². The van der Waals surface area contributed by atoms with Crippen LogP contribution in [0.4, 0.5) is 0 Å². The number of nitrogens with zero attached hydrogens (tertiary/aromatic N) is 2. The molecule has 0 spiro atoms. The first kappa shape index (κ1) is 14.9. The molecule has 0 unspecified atom stereocenters. The van der Waals surface area contributed by atoms with Crippen molar-refractivity contribution >= 4 is 26.6 Å². The van der Waals surface area contributed by atoms with Gasteiger partial charge >= 0.3 is 0 Å². The molecule has 124 valence electrons. The molecule has 24 heavy (non-hydrogen) atoms. The molecule has 0 atom stereocenters. The zero-order valence-corrected chi connectivity index (χ0v) is 13.9. The van der Waals surface area contributed by atoms with E-state index < -0.39 is 9.84 Å². The van der Waals surface area contributed by atoms with Crippen molar-refractivity contribution in [1.82, 2.24) is 20.1 Å². The molecular weight excluding hydrogens is 328 g/mol. The molecule has 0 saturated heterocycles. The summed E-state index contributed by atoms with van der Waals surface area (Å²) in [5.74, 6) is -0.141. The molecule has 8 heteroatoms. The Balaban J connectivity index is 1.66. The first-order chi connectivity index (χ1) is 11.4. The van der Waals surface area contributed by atoms with E-state index in [2.05, 4.69) is 15.2 Å². The summed E-state index contributed by atoms with van der Waals surface area (Å²) < 4.78 is 23.7. The van der Waals surface area contributed by atoms with Gasteiger partial charge in [-0.15, -0.1) is 0 Å². The molecule has 1 aliphatic heterocycles. The van der Waals surface area contributed by atoms with Gasteiger partial charge in [-0.2, -0.15) is 5.10 Å². The molecule has 2 aromatic heterocycles. The number of fused-ring (bicyclic) bond motifs is 2. The second-order valence-corrected chi connectivity index (χ2v) is 7.94. The van der Waals surface area contributed by atoms with Crippen LogP contribution in [0.2, 0.25) is 0 Å². The van der Waals surface area contributed by atoms with Gasteiger partial charge in [0.1, 0.15) is 5.69 Å². The number of carbonyl (C=O) groups is 1. The van der Waals surface area contributed by atoms with E-state index in [9.17, 15) is 13.2 Å². The zero-order valence-electron chi connectivity index (χ0n) is 13.0. The Hall–Kier alpha value is -2.61. The predicted octanol–water partition coefficient (Wildman–Crippen LogP) is 1.49. The Morgan fingerprint density at radius 2 is 2.08 bits per heavy atom. The fourth-order valence-electron chi connectivity index (χ4n) is 3.11. The SMILES string of the molecule is CS(=O)(=O)c1n[nH]c2c1CN(C(=O)c1cc3ccccc3[nH]1)CC2. The number of para-hydroxylation sites is 1. The van der Waals surface area contributed by atoms with Gasteiger partial charge in [0.05, 0.1) is 6.54 Å². The van der Waals surface area contributed by atoms with Crippen molar-refractivity contribution < 1.29 is 13.2 Å². The summed E-state index contributed by atoms with van der Waals surface area (Å²) in [6, 6.07) is 9.50. The highest BCUT2D eigenvalue weighted by Crippen LogP contribution is 2.25. The van der Waals surface area contributed by atoms with E-state index in [0.29, 0.717) is 24.2 Å². The number of hydrogen-bond acceptors (Lipinski definition) is 4. The molecule has 0 radical (unpaired) electrons. The molecular formula is C16H16N4O3S. The minimum absolute atomic E-state index is 0.0339. The van der Waals surface area contributed by atoms with Gasteiger partial charge in [0.25, 0.3) is 5.91 Å². The Labute approximate surface area is 138 Å². The van der Waals surface area contributed by atoms with Crippen molar-refractivity contribution in [3.05, 3.63) is 47.3 Å². The summed E-state index contributed by atoms with van der Waals surface area (Å²) in [6.45, 7) is 0.759. The minimum Gasteiger partial charge on any atom is -0.351 e. The van der Waals surface area contributed by atoms with Gasteiger partial charge in [-0.3, -0.25) is 9.89 Å². The van der Waals surface area contributed by atoms with Crippen LogP contribution in [-0.4, -0.2) is 47.2 Å². The fraction of sp³-hybridized carbons (Fsp3) is 0.250. The normalized spacial score (nSPS) is 14.8. The molecule has 3 aromatic rings. The van der Waals surface area contributed by atoms with Crippen LogP contribution < -0.4 is 0 Å². The molecule has 0 fully saturated rings. The fourth-order valence-corrected chi connectivity index (χ4v) is 3.95. The van der Waals surface area contributed by atoms with Gasteiger partial charge in [-0.1, -0.05) is 18.2 Å². The Bertz CT molecular complexity index is 1020. The highest BCUT2D eigenvalue weighted by molar-refractivity contribution is 7.90. The van der Waals surface area contributed by atoms with E-state index in [0.717, 1.165) is 22.9 Å². The third-order valence-corrected chi connectivity index (χ3v) is 5.33. The number of aromatic amines is 2. The minimum atomic E-state index is -3.42. The molecule has 0 aliphatic carbocycles. The summed E-state index contributed by atoms with van der Waals surface area (Å²) in [7, 11) is -3.42. The number of H-pyrrole nitrogens is 2. The first-order valence-corrected chi connectivity index (χ1v) is 9.46. The number of nitrogens with one attached hydrogen (secondary N) is 2. The highest BCUT2D eigenvalue weighted by atomic mass is 32.2. The van der Waals surface area contributed by atoms with Crippen LogP contribution in [0.1, 0.15) is 21.7 Å². The molecule has 0 bridgehead atoms. The topological polar surface area (TPSA) is 98.9 Å². The number of benzene rings is 1. The lowest BCUT2D eigenvalue weighted by Crippen LogP contribution is -2.36. The summed E-state index contributed by atoms with van der Waals surface area (Å²) in [4.78, 5) is 17.5. The van der Waals surface area contributed by atoms with Gasteiger partial charge < -0.3 is 9.88 Å². The maximum Gasteiger partial charge on any atom is 0.270 e. The standard InChI is InChI=1S/C16H16N4O3S/c1-24(22,23)15-11-9-20(7-6-13(11)18-19-15)16(21)14-8-10-4-2-3-5-12(10)17-14/h2-5,8,17H,6-7,9H2,1H3,(H,18,19). The van der Waals surface area contributed by atoms with Crippen molar-refractivity contribution in [2.45, 2.75) is 18.0 Å². The lowest BCUT2D eigenvalue weighted by Gasteiger charge is -2.26. The van der Waals surface area contributed by atoms with E-state index in [1.807, 2.05) is 30.3 Å². The number of amides is 1. The van der Waals surface area contributed by atoms with Gasteiger partial charge in [0.2, 0.25) is 0 Å². The van der Waals surface area contributed by atoms with E-state index in [-0.39, 0.29) is 17.5 Å². The molecule has 7 nitrogen and oxygen atoms in total. The Kier molecular flexibility index (Phi) is 3.24. The van der Waals surface area contributed by atoms with Crippen LogP contribution in [0, 0.1) is 0 Å². The molecule has 3 heterocycles. The van der Waals surface area contributed by atoms with Gasteiger partial charge in [-0.05, 0) is 12.1 Å². The van der Waals surface area contributed by atoms with Gasteiger partial charge in [-0.25, -0.2) is 8.42 Å². The quantitative estimate of drug-likeness (QED) is 0.736. The largest absolute Gasteiger partial charge is 0.351 e. The van der Waals surface area contributed by atoms with E-state index >= 15 is 0 Å². The average molecular weight is 344 g/mol. The second kappa shape index (κ2) is 5.20. The van der Waals surface area contributed by atoms with Gasteiger partial charge in [0, 0.05) is 41.4 Å². The maximum atomic E-state index is 12.8. The van der Waals surface area contributed by atoms with Crippen molar-refractivity contribution in [2.24, 2.45) is 0 Å². The summed E-state index contributed by atoms with van der Waals surface area (Å²) in [5.41, 5.74) is 2.78. The van der Waals surface area contributed by atoms with E-state index in [4.69, 9.17) is 0 Å². The Morgan fingerprint density at radius 3 is 2.83 bits per heavy atom. The lowest BCUT2D eigenvalue weighted by molar-refractivity contribution is 0.0727. The van der Waals surface area contributed by atoms with Crippen LogP contribution in [0.15, 0.2) is 35.4 Å². The van der Waals surface area contributed by atoms with Crippen molar-refractivity contribution in [2.75, 3.05) is 12.8 Å². The first-order valence-electron chi connectivity index (χ1n) is 7.56. The van der Waals surface area contributed by atoms with Crippen LogP contribution >= 0.6 is 0 Å². The molecule has 2 N–H and O–H groups in total. The van der Waals surface area contributed by atoms with Crippen molar-refractivity contribution in [3.8, 4) is 0 Å². The highest BCUT2D eigenvalue weighted by Gasteiger charge is 2.29. The number of hydrogen-bond donors (Lipinski definition) is 2. The third kappa shape index (κ3) is 2.39. The Morgan fingerprint density at radius 1 is 1.29 bits per heavy atom. The molecule has 1 aromatic carbocycles. The predicted molar refractivity (Wildman–Crippen MR) is 88.4 cm³/mol. The smallest absolute Gasteiger partial charge is 0.270 e.